The second kappa shape index (κ2) is 7.02. The van der Waals surface area contributed by atoms with Crippen molar-refractivity contribution < 1.29 is 4.39 Å². The fourth-order valence-corrected chi connectivity index (χ4v) is 3.27. The number of rotatable bonds is 3. The molecule has 0 bridgehead atoms. The van der Waals surface area contributed by atoms with E-state index in [9.17, 15) is 4.39 Å². The summed E-state index contributed by atoms with van der Waals surface area (Å²) in [6.07, 6.45) is 1.78. The van der Waals surface area contributed by atoms with Crippen LogP contribution in [0.15, 0.2) is 68.5 Å². The average Bonchev–Trinajstić information content (AvgIpc) is 2.98. The predicted octanol–water partition coefficient (Wildman–Crippen LogP) is 4.53. The summed E-state index contributed by atoms with van der Waals surface area (Å²) < 4.78 is 15.9. The van der Waals surface area contributed by atoms with Gasteiger partial charge in [-0.3, -0.25) is 4.99 Å². The molecule has 0 aliphatic heterocycles. The highest BCUT2D eigenvalue weighted by Gasteiger charge is 2.07. The number of hydrogen-bond acceptors (Lipinski definition) is 3. The van der Waals surface area contributed by atoms with Crippen molar-refractivity contribution in [2.24, 2.45) is 10.1 Å². The van der Waals surface area contributed by atoms with Gasteiger partial charge < -0.3 is 0 Å². The van der Waals surface area contributed by atoms with E-state index in [2.05, 4.69) is 26.0 Å². The van der Waals surface area contributed by atoms with E-state index in [0.717, 1.165) is 26.1 Å². The monoisotopic (exact) mass is 389 g/mol. The lowest BCUT2D eigenvalue weighted by molar-refractivity contribution is 0.628. The van der Waals surface area contributed by atoms with Crippen molar-refractivity contribution in [3.05, 3.63) is 74.6 Å². The third-order valence-corrected chi connectivity index (χ3v) is 4.86. The van der Waals surface area contributed by atoms with Crippen LogP contribution >= 0.6 is 27.3 Å². The Labute approximate surface area is 145 Å². The van der Waals surface area contributed by atoms with Crippen LogP contribution in [0.25, 0.3) is 11.3 Å². The Hall–Kier alpha value is -2.05. The smallest absolute Gasteiger partial charge is 0.205 e. The lowest BCUT2D eigenvalue weighted by Crippen LogP contribution is -2.11. The van der Waals surface area contributed by atoms with Gasteiger partial charge in [-0.1, -0.05) is 34.1 Å². The lowest BCUT2D eigenvalue weighted by atomic mass is 10.2. The summed E-state index contributed by atoms with van der Waals surface area (Å²) in [6, 6.07) is 14.2. The highest BCUT2D eigenvalue weighted by atomic mass is 79.9. The summed E-state index contributed by atoms with van der Waals surface area (Å²) in [4.78, 5) is 5.02. The molecular weight excluding hydrogens is 377 g/mol. The summed E-state index contributed by atoms with van der Waals surface area (Å²) >= 11 is 5.00. The molecule has 1 heterocycles. The van der Waals surface area contributed by atoms with Gasteiger partial charge in [-0.25, -0.2) is 9.07 Å². The molecule has 0 amide bonds. The summed E-state index contributed by atoms with van der Waals surface area (Å²) in [5.41, 5.74) is 2.74. The molecule has 3 aromatic rings. The molecule has 0 spiro atoms. The van der Waals surface area contributed by atoms with Crippen molar-refractivity contribution in [3.8, 4) is 11.3 Å². The van der Waals surface area contributed by atoms with Crippen molar-refractivity contribution in [2.45, 2.75) is 0 Å². The molecule has 23 heavy (non-hydrogen) atoms. The molecule has 3 rings (SSSR count). The molecule has 0 atom stereocenters. The maximum Gasteiger partial charge on any atom is 0.205 e. The fourth-order valence-electron chi connectivity index (χ4n) is 2.08. The normalized spacial score (nSPS) is 12.2. The largest absolute Gasteiger partial charge is 0.261 e. The van der Waals surface area contributed by atoms with Crippen molar-refractivity contribution >= 4 is 33.5 Å². The topological polar surface area (TPSA) is 29.6 Å². The van der Waals surface area contributed by atoms with Crippen LogP contribution in [0, 0.1) is 5.82 Å². The molecular formula is C17H13BrFN3S. The van der Waals surface area contributed by atoms with Crippen LogP contribution in [-0.4, -0.2) is 17.9 Å². The van der Waals surface area contributed by atoms with Crippen molar-refractivity contribution in [3.63, 3.8) is 0 Å². The Bertz CT molecular complexity index is 910. The first kappa shape index (κ1) is 15.8. The first-order valence-corrected chi connectivity index (χ1v) is 8.54. The minimum atomic E-state index is -0.257. The lowest BCUT2D eigenvalue weighted by Gasteiger charge is -2.04. The molecule has 0 aliphatic carbocycles. The van der Waals surface area contributed by atoms with E-state index >= 15 is 0 Å². The third kappa shape index (κ3) is 3.48. The summed E-state index contributed by atoms with van der Waals surface area (Å²) in [6.45, 7) is 0. The van der Waals surface area contributed by atoms with E-state index in [4.69, 9.17) is 0 Å². The van der Waals surface area contributed by atoms with Gasteiger partial charge in [0.25, 0.3) is 0 Å². The van der Waals surface area contributed by atoms with Crippen molar-refractivity contribution in [1.29, 1.82) is 0 Å². The van der Waals surface area contributed by atoms with Gasteiger partial charge in [0.2, 0.25) is 4.80 Å². The van der Waals surface area contributed by atoms with E-state index < -0.39 is 0 Å². The molecule has 0 saturated carbocycles. The molecule has 0 radical (unpaired) electrons. The summed E-state index contributed by atoms with van der Waals surface area (Å²) in [5.74, 6) is -0.257. The number of nitrogens with zero attached hydrogens (tertiary/aromatic N) is 3. The van der Waals surface area contributed by atoms with E-state index in [1.54, 1.807) is 30.1 Å². The van der Waals surface area contributed by atoms with Gasteiger partial charge >= 0.3 is 0 Å². The molecule has 0 N–H and O–H groups in total. The van der Waals surface area contributed by atoms with Crippen LogP contribution in [0.5, 0.6) is 0 Å². The predicted molar refractivity (Wildman–Crippen MR) is 96.3 cm³/mol. The van der Waals surface area contributed by atoms with Crippen LogP contribution in [0.4, 0.5) is 4.39 Å². The van der Waals surface area contributed by atoms with Crippen LogP contribution in [0.2, 0.25) is 0 Å². The number of halogens is 2. The van der Waals surface area contributed by atoms with Crippen LogP contribution < -0.4 is 4.80 Å². The zero-order valence-corrected chi connectivity index (χ0v) is 14.7. The second-order valence-electron chi connectivity index (χ2n) is 4.71. The molecule has 0 fully saturated rings. The molecule has 3 nitrogen and oxygen atoms in total. The molecule has 2 aromatic carbocycles. The first-order valence-electron chi connectivity index (χ1n) is 6.87. The number of aromatic nitrogens is 1. The van der Waals surface area contributed by atoms with E-state index in [0.29, 0.717) is 0 Å². The minimum absolute atomic E-state index is 0.257. The zero-order valence-electron chi connectivity index (χ0n) is 12.3. The zero-order chi connectivity index (χ0) is 16.2. The Morgan fingerprint density at radius 1 is 1.13 bits per heavy atom. The van der Waals surface area contributed by atoms with Gasteiger partial charge in [0, 0.05) is 28.0 Å². The van der Waals surface area contributed by atoms with E-state index in [1.807, 2.05) is 29.6 Å². The van der Waals surface area contributed by atoms with Crippen LogP contribution in [-0.2, 0) is 0 Å². The molecule has 0 aliphatic rings. The Kier molecular flexibility index (Phi) is 4.83. The maximum atomic E-state index is 13.1. The summed E-state index contributed by atoms with van der Waals surface area (Å²) in [7, 11) is 1.73. The molecule has 0 saturated heterocycles. The third-order valence-electron chi connectivity index (χ3n) is 3.23. The maximum absolute atomic E-state index is 13.1. The molecule has 0 unspecified atom stereocenters. The van der Waals surface area contributed by atoms with Crippen LogP contribution in [0.1, 0.15) is 5.56 Å². The quantitative estimate of drug-likeness (QED) is 0.589. The van der Waals surface area contributed by atoms with Gasteiger partial charge in [-0.2, -0.15) is 5.10 Å². The van der Waals surface area contributed by atoms with Gasteiger partial charge in [-0.15, -0.1) is 11.3 Å². The van der Waals surface area contributed by atoms with Gasteiger partial charge in [0.05, 0.1) is 11.9 Å². The van der Waals surface area contributed by atoms with Gasteiger partial charge in [0.15, 0.2) is 0 Å². The first-order chi connectivity index (χ1) is 11.2. The standard InChI is InChI=1S/C17H13BrFN3S/c1-20-17-22(21-10-13-4-2-3-5-15(13)18)16(11-23-17)12-6-8-14(19)9-7-12/h2-11H,1H3/b20-17?,21-10-. The highest BCUT2D eigenvalue weighted by molar-refractivity contribution is 9.10. The minimum Gasteiger partial charge on any atom is -0.261 e. The molecule has 116 valence electrons. The van der Waals surface area contributed by atoms with Crippen molar-refractivity contribution in [2.75, 3.05) is 7.05 Å². The Morgan fingerprint density at radius 2 is 1.87 bits per heavy atom. The van der Waals surface area contributed by atoms with E-state index in [-0.39, 0.29) is 5.82 Å². The van der Waals surface area contributed by atoms with Crippen molar-refractivity contribution in [1.82, 2.24) is 4.68 Å². The SMILES string of the molecule is CN=c1scc(-c2ccc(F)cc2)n1/N=C\c1ccccc1Br. The Morgan fingerprint density at radius 3 is 2.57 bits per heavy atom. The van der Waals surface area contributed by atoms with Gasteiger partial charge in [0.1, 0.15) is 5.82 Å². The average molecular weight is 390 g/mol. The van der Waals surface area contributed by atoms with E-state index in [1.165, 1.54) is 23.5 Å². The van der Waals surface area contributed by atoms with Gasteiger partial charge in [-0.05, 0) is 30.3 Å². The van der Waals surface area contributed by atoms with Crippen LogP contribution in [0.3, 0.4) is 0 Å². The highest BCUT2D eigenvalue weighted by Crippen LogP contribution is 2.21. The fraction of sp³-hybridized carbons (Fsp3) is 0.0588. The summed E-state index contributed by atoms with van der Waals surface area (Å²) in [5, 5.41) is 6.52. The molecule has 1 aromatic heterocycles. The molecule has 6 heteroatoms. The number of hydrogen-bond donors (Lipinski definition) is 0. The Balaban J connectivity index is 2.06. The number of thiazole rings is 1. The second-order valence-corrected chi connectivity index (χ2v) is 6.40. The number of benzene rings is 2.